The fourth-order valence-electron chi connectivity index (χ4n) is 2.84. The molecule has 0 saturated carbocycles. The number of amides is 1. The van der Waals surface area contributed by atoms with Crippen molar-refractivity contribution >= 4 is 26.8 Å². The summed E-state index contributed by atoms with van der Waals surface area (Å²) in [7, 11) is -2.36. The molecule has 0 radical (unpaired) electrons. The van der Waals surface area contributed by atoms with Gasteiger partial charge in [-0.2, -0.15) is 4.31 Å². The van der Waals surface area contributed by atoms with E-state index in [0.29, 0.717) is 24.1 Å². The molecule has 0 unspecified atom stereocenters. The Labute approximate surface area is 133 Å². The van der Waals surface area contributed by atoms with Gasteiger partial charge in [-0.3, -0.25) is 4.79 Å². The van der Waals surface area contributed by atoms with Crippen molar-refractivity contribution in [2.75, 3.05) is 26.3 Å². The number of fused-ring (bicyclic) bond motifs is 1. The fraction of sp³-hybridized carbons (Fsp3) is 0.357. The number of morpholine rings is 1. The van der Waals surface area contributed by atoms with Crippen LogP contribution in [0.3, 0.4) is 0 Å². The average molecular weight is 339 g/mol. The van der Waals surface area contributed by atoms with Crippen molar-refractivity contribution < 1.29 is 23.1 Å². The predicted molar refractivity (Wildman–Crippen MR) is 82.7 cm³/mol. The number of benzene rings is 1. The maximum Gasteiger partial charge on any atom is 0.266 e. The highest BCUT2D eigenvalue weighted by molar-refractivity contribution is 7.89. The number of carbonyl (C=O) groups is 1. The number of aromatic hydroxyl groups is 1. The first-order valence-corrected chi connectivity index (χ1v) is 8.47. The van der Waals surface area contributed by atoms with Gasteiger partial charge < -0.3 is 20.1 Å². The van der Waals surface area contributed by atoms with Gasteiger partial charge in [-0.1, -0.05) is 0 Å². The summed E-state index contributed by atoms with van der Waals surface area (Å²) >= 11 is 0. The van der Waals surface area contributed by atoms with Crippen LogP contribution in [0.1, 0.15) is 10.5 Å². The molecule has 1 amide bonds. The Kier molecular flexibility index (Phi) is 3.78. The summed E-state index contributed by atoms with van der Waals surface area (Å²) in [5.41, 5.74) is 5.74. The monoisotopic (exact) mass is 339 g/mol. The molecule has 0 aliphatic carbocycles. The summed E-state index contributed by atoms with van der Waals surface area (Å²) < 4.78 is 33.9. The number of ether oxygens (including phenoxy) is 1. The second-order valence-corrected chi connectivity index (χ2v) is 7.19. The van der Waals surface area contributed by atoms with Crippen molar-refractivity contribution in [1.82, 2.24) is 8.87 Å². The van der Waals surface area contributed by atoms with Crippen LogP contribution in [0.15, 0.2) is 23.1 Å². The van der Waals surface area contributed by atoms with Crippen LogP contribution in [-0.2, 0) is 21.8 Å². The summed E-state index contributed by atoms with van der Waals surface area (Å²) in [4.78, 5) is 11.7. The molecular formula is C14H17N3O5S. The van der Waals surface area contributed by atoms with E-state index >= 15 is 0 Å². The molecule has 1 aliphatic rings. The maximum absolute atomic E-state index is 13.0. The Bertz CT molecular complexity index is 881. The van der Waals surface area contributed by atoms with Gasteiger partial charge in [0.1, 0.15) is 16.3 Å². The normalized spacial score (nSPS) is 16.7. The van der Waals surface area contributed by atoms with E-state index < -0.39 is 15.9 Å². The first kappa shape index (κ1) is 15.8. The van der Waals surface area contributed by atoms with E-state index in [-0.39, 0.29) is 29.4 Å². The van der Waals surface area contributed by atoms with Crippen molar-refractivity contribution in [2.24, 2.45) is 12.8 Å². The highest BCUT2D eigenvalue weighted by Crippen LogP contribution is 2.33. The van der Waals surface area contributed by atoms with Crippen LogP contribution in [0.5, 0.6) is 5.75 Å². The number of aryl methyl sites for hydroxylation is 1. The molecule has 3 N–H and O–H groups in total. The van der Waals surface area contributed by atoms with Gasteiger partial charge in [-0.25, -0.2) is 8.42 Å². The number of carbonyl (C=O) groups excluding carboxylic acids is 1. The minimum atomic E-state index is -3.91. The molecule has 1 saturated heterocycles. The number of rotatable bonds is 3. The molecule has 1 aromatic heterocycles. The zero-order valence-corrected chi connectivity index (χ0v) is 13.3. The number of phenols is 1. The number of hydrogen-bond donors (Lipinski definition) is 2. The lowest BCUT2D eigenvalue weighted by atomic mass is 10.2. The molecule has 3 rings (SSSR count). The molecule has 2 aromatic rings. The second-order valence-electron chi connectivity index (χ2n) is 5.32. The zero-order chi connectivity index (χ0) is 16.8. The highest BCUT2D eigenvalue weighted by Gasteiger charge is 2.34. The molecule has 2 heterocycles. The second kappa shape index (κ2) is 5.52. The first-order chi connectivity index (χ1) is 10.8. The van der Waals surface area contributed by atoms with Gasteiger partial charge in [0.15, 0.2) is 0 Å². The lowest BCUT2D eigenvalue weighted by Gasteiger charge is -2.26. The van der Waals surface area contributed by atoms with Gasteiger partial charge >= 0.3 is 0 Å². The number of nitrogens with two attached hydrogens (primary N) is 1. The molecule has 9 heteroatoms. The quantitative estimate of drug-likeness (QED) is 0.817. The van der Waals surface area contributed by atoms with Crippen LogP contribution in [0.2, 0.25) is 0 Å². The molecule has 23 heavy (non-hydrogen) atoms. The number of phenolic OH excluding ortho intramolecular Hbond substituents is 1. The summed E-state index contributed by atoms with van der Waals surface area (Å²) in [6.07, 6.45) is 0. The van der Waals surface area contributed by atoms with Crippen molar-refractivity contribution in [1.29, 1.82) is 0 Å². The number of sulfonamides is 1. The molecule has 124 valence electrons. The van der Waals surface area contributed by atoms with E-state index in [0.717, 1.165) is 0 Å². The number of nitrogens with zero attached hydrogens (tertiary/aromatic N) is 2. The molecule has 1 aliphatic heterocycles. The van der Waals surface area contributed by atoms with E-state index in [1.54, 1.807) is 7.05 Å². The smallest absolute Gasteiger partial charge is 0.266 e. The summed E-state index contributed by atoms with van der Waals surface area (Å²) in [5, 5.41) is 9.99. The Balaban J connectivity index is 2.31. The molecule has 0 atom stereocenters. The van der Waals surface area contributed by atoms with Gasteiger partial charge in [-0.15, -0.1) is 0 Å². The van der Waals surface area contributed by atoms with Crippen LogP contribution in [0.25, 0.3) is 10.9 Å². The lowest BCUT2D eigenvalue weighted by Crippen LogP contribution is -2.41. The Morgan fingerprint density at radius 2 is 1.96 bits per heavy atom. The van der Waals surface area contributed by atoms with E-state index in [1.807, 2.05) is 0 Å². The molecule has 1 fully saturated rings. The molecule has 0 spiro atoms. The van der Waals surface area contributed by atoms with Crippen LogP contribution in [0.4, 0.5) is 0 Å². The molecule has 0 bridgehead atoms. The summed E-state index contributed by atoms with van der Waals surface area (Å²) in [5.74, 6) is -0.862. The summed E-state index contributed by atoms with van der Waals surface area (Å²) in [6.45, 7) is 1.04. The van der Waals surface area contributed by atoms with Gasteiger partial charge in [0, 0.05) is 31.6 Å². The minimum absolute atomic E-state index is 0.0237. The lowest BCUT2D eigenvalue weighted by molar-refractivity contribution is 0.0730. The highest BCUT2D eigenvalue weighted by atomic mass is 32.2. The average Bonchev–Trinajstić information content (AvgIpc) is 2.81. The van der Waals surface area contributed by atoms with Crippen molar-refractivity contribution in [3.63, 3.8) is 0 Å². The van der Waals surface area contributed by atoms with Gasteiger partial charge in [0.25, 0.3) is 5.91 Å². The largest absolute Gasteiger partial charge is 0.508 e. The van der Waals surface area contributed by atoms with Crippen molar-refractivity contribution in [2.45, 2.75) is 4.90 Å². The first-order valence-electron chi connectivity index (χ1n) is 7.03. The third-order valence-electron chi connectivity index (χ3n) is 3.94. The molecule has 8 nitrogen and oxygen atoms in total. The van der Waals surface area contributed by atoms with Crippen LogP contribution >= 0.6 is 0 Å². The van der Waals surface area contributed by atoms with Gasteiger partial charge in [-0.05, 0) is 12.1 Å². The third-order valence-corrected chi connectivity index (χ3v) is 5.91. The minimum Gasteiger partial charge on any atom is -0.508 e. The van der Waals surface area contributed by atoms with E-state index in [9.17, 15) is 18.3 Å². The Morgan fingerprint density at radius 1 is 1.30 bits per heavy atom. The number of hydrogen-bond acceptors (Lipinski definition) is 5. The fourth-order valence-corrected chi connectivity index (χ4v) is 4.66. The van der Waals surface area contributed by atoms with Crippen molar-refractivity contribution in [3.8, 4) is 5.75 Å². The Hall–Kier alpha value is -2.10. The maximum atomic E-state index is 13.0. The van der Waals surface area contributed by atoms with Gasteiger partial charge in [0.05, 0.1) is 18.7 Å². The van der Waals surface area contributed by atoms with Crippen LogP contribution < -0.4 is 5.73 Å². The Morgan fingerprint density at radius 3 is 2.57 bits per heavy atom. The number of aromatic nitrogens is 1. The van der Waals surface area contributed by atoms with E-state index in [1.165, 1.54) is 27.1 Å². The standard InChI is InChI=1S/C14H17N3O5S/c1-16-11-8-9(18)2-3-10(11)13(12(16)14(15)19)23(20,21)17-4-6-22-7-5-17/h2-3,8,18H,4-7H2,1H3,(H2,15,19). The summed E-state index contributed by atoms with van der Waals surface area (Å²) in [6, 6.07) is 4.26. The van der Waals surface area contributed by atoms with Gasteiger partial charge in [0.2, 0.25) is 10.0 Å². The molecule has 1 aromatic carbocycles. The van der Waals surface area contributed by atoms with Crippen molar-refractivity contribution in [3.05, 3.63) is 23.9 Å². The van der Waals surface area contributed by atoms with Crippen LogP contribution in [-0.4, -0.2) is 54.6 Å². The van der Waals surface area contributed by atoms with Crippen LogP contribution in [0, 0.1) is 0 Å². The topological polar surface area (TPSA) is 115 Å². The third kappa shape index (κ3) is 2.46. The SMILES string of the molecule is Cn1c(C(N)=O)c(S(=O)(=O)N2CCOCC2)c2ccc(O)cc21. The predicted octanol–water partition coefficient (Wildman–Crippen LogP) is 0.00370. The molecular weight excluding hydrogens is 322 g/mol. The van der Waals surface area contributed by atoms with E-state index in [4.69, 9.17) is 10.5 Å². The zero-order valence-electron chi connectivity index (χ0n) is 12.5. The van der Waals surface area contributed by atoms with E-state index in [2.05, 4.69) is 0 Å². The number of primary amides is 1.